The average molecular weight is 375 g/mol. The van der Waals surface area contributed by atoms with Crippen LogP contribution in [0.2, 0.25) is 0 Å². The van der Waals surface area contributed by atoms with Gasteiger partial charge >= 0.3 is 0 Å². The minimum atomic E-state index is -0.124. The van der Waals surface area contributed by atoms with Gasteiger partial charge in [0.15, 0.2) is 11.6 Å². The predicted octanol–water partition coefficient (Wildman–Crippen LogP) is 4.49. The second kappa shape index (κ2) is 6.55. The first-order valence-corrected chi connectivity index (χ1v) is 9.54. The van der Waals surface area contributed by atoms with E-state index in [0.29, 0.717) is 23.8 Å². The second-order valence-corrected chi connectivity index (χ2v) is 8.41. The number of carbonyl (C=O) groups excluding carboxylic acids is 1. The lowest BCUT2D eigenvalue weighted by molar-refractivity contribution is 0.0911. The van der Waals surface area contributed by atoms with Crippen LogP contribution in [0.25, 0.3) is 5.95 Å². The molecule has 6 heteroatoms. The molecule has 28 heavy (non-hydrogen) atoms. The summed E-state index contributed by atoms with van der Waals surface area (Å²) in [7, 11) is 0. The van der Waals surface area contributed by atoms with Gasteiger partial charge in [-0.15, -0.1) is 5.10 Å². The number of nitrogens with one attached hydrogen (secondary N) is 1. The molecule has 0 aliphatic heterocycles. The molecule has 0 fully saturated rings. The third-order valence-electron chi connectivity index (χ3n) is 5.10. The largest absolute Gasteiger partial charge is 0.338 e. The van der Waals surface area contributed by atoms with Crippen LogP contribution in [-0.4, -0.2) is 25.5 Å². The lowest BCUT2D eigenvalue weighted by atomic mass is 9.76. The van der Waals surface area contributed by atoms with Crippen LogP contribution in [-0.2, 0) is 6.42 Å². The Morgan fingerprint density at radius 2 is 1.71 bits per heavy atom. The fourth-order valence-electron chi connectivity index (χ4n) is 3.84. The third-order valence-corrected chi connectivity index (χ3v) is 5.10. The Balaban J connectivity index is 1.90. The summed E-state index contributed by atoms with van der Waals surface area (Å²) in [6, 6.07) is 9.92. The summed E-state index contributed by atoms with van der Waals surface area (Å²) < 4.78 is 1.74. The van der Waals surface area contributed by atoms with Crippen molar-refractivity contribution in [3.8, 4) is 5.95 Å². The van der Waals surface area contributed by atoms with Crippen molar-refractivity contribution in [3.63, 3.8) is 0 Å². The van der Waals surface area contributed by atoms with Crippen LogP contribution in [0.15, 0.2) is 30.3 Å². The molecule has 0 bridgehead atoms. The number of para-hydroxylation sites is 1. The number of hydrogen-bond acceptors (Lipinski definition) is 5. The number of hydrogen-bond donors (Lipinski definition) is 1. The number of Topliss-reactive ketones (excluding diaryl/α,β-unsaturated/α-hetero) is 1. The molecule has 0 radical (unpaired) electrons. The van der Waals surface area contributed by atoms with Crippen LogP contribution in [0.4, 0.5) is 11.5 Å². The maximum absolute atomic E-state index is 13.0. The minimum Gasteiger partial charge on any atom is -0.338 e. The monoisotopic (exact) mass is 375 g/mol. The van der Waals surface area contributed by atoms with Crippen LogP contribution in [0.3, 0.4) is 0 Å². The second-order valence-electron chi connectivity index (χ2n) is 8.41. The third kappa shape index (κ3) is 3.30. The van der Waals surface area contributed by atoms with E-state index in [1.807, 2.05) is 51.1 Å². The quantitative estimate of drug-likeness (QED) is 0.730. The Labute approximate surface area is 165 Å². The molecular formula is C22H25N5O. The Hall–Kier alpha value is -3.02. The number of aromatic nitrogens is 4. The number of aryl methyl sites for hydroxylation is 3. The first-order valence-electron chi connectivity index (χ1n) is 9.54. The van der Waals surface area contributed by atoms with E-state index in [0.717, 1.165) is 34.8 Å². The molecule has 3 aromatic rings. The Morgan fingerprint density at radius 3 is 2.39 bits per heavy atom. The van der Waals surface area contributed by atoms with Crippen LogP contribution in [0.5, 0.6) is 0 Å². The van der Waals surface area contributed by atoms with Gasteiger partial charge in [0, 0.05) is 23.5 Å². The number of rotatable bonds is 3. The van der Waals surface area contributed by atoms with Crippen molar-refractivity contribution in [1.29, 1.82) is 0 Å². The van der Waals surface area contributed by atoms with Gasteiger partial charge in [-0.05, 0) is 50.3 Å². The highest BCUT2D eigenvalue weighted by Gasteiger charge is 2.37. The van der Waals surface area contributed by atoms with E-state index in [4.69, 9.17) is 5.10 Å². The zero-order valence-corrected chi connectivity index (χ0v) is 17.0. The molecule has 2 heterocycles. The fourth-order valence-corrected chi connectivity index (χ4v) is 3.84. The first kappa shape index (κ1) is 18.3. The molecular weight excluding hydrogens is 350 g/mol. The van der Waals surface area contributed by atoms with Crippen molar-refractivity contribution >= 4 is 17.3 Å². The van der Waals surface area contributed by atoms with E-state index >= 15 is 0 Å². The SMILES string of the molecule is Cc1cc(C)nc(-n2nc(Nc3ccccc3C)c3c2CC(C)(C)CC3=O)n1. The zero-order chi connectivity index (χ0) is 20.1. The molecule has 4 rings (SSSR count). The normalized spacial score (nSPS) is 15.4. The van der Waals surface area contributed by atoms with Crippen molar-refractivity contribution in [1.82, 2.24) is 19.7 Å². The van der Waals surface area contributed by atoms with E-state index in [1.54, 1.807) is 4.68 Å². The van der Waals surface area contributed by atoms with Gasteiger partial charge in [-0.1, -0.05) is 32.0 Å². The van der Waals surface area contributed by atoms with Gasteiger partial charge in [0.1, 0.15) is 0 Å². The summed E-state index contributed by atoms with van der Waals surface area (Å²) in [5, 5.41) is 8.13. The van der Waals surface area contributed by atoms with Crippen molar-refractivity contribution < 1.29 is 4.79 Å². The number of benzene rings is 1. The standard InChI is InChI=1S/C22H25N5O/c1-13-8-6-7-9-16(13)25-20-19-17(11-22(4,5)12-18(19)28)27(26-20)21-23-14(2)10-15(3)24-21/h6-10H,11-12H2,1-5H3,(H,25,26). The molecule has 1 N–H and O–H groups in total. The number of ketones is 1. The minimum absolute atomic E-state index is 0.109. The summed E-state index contributed by atoms with van der Waals surface area (Å²) in [4.78, 5) is 22.2. The van der Waals surface area contributed by atoms with Crippen LogP contribution >= 0.6 is 0 Å². The van der Waals surface area contributed by atoms with Gasteiger partial charge in [0.05, 0.1) is 11.3 Å². The highest BCUT2D eigenvalue weighted by atomic mass is 16.1. The molecule has 0 amide bonds. The van der Waals surface area contributed by atoms with Crippen LogP contribution < -0.4 is 5.32 Å². The molecule has 0 atom stereocenters. The highest BCUT2D eigenvalue weighted by Crippen LogP contribution is 2.39. The summed E-state index contributed by atoms with van der Waals surface area (Å²) in [5.74, 6) is 1.20. The van der Waals surface area contributed by atoms with Crippen molar-refractivity contribution in [2.75, 3.05) is 5.32 Å². The molecule has 0 spiro atoms. The first-order chi connectivity index (χ1) is 13.2. The number of nitrogens with zero attached hydrogens (tertiary/aromatic N) is 4. The summed E-state index contributed by atoms with van der Waals surface area (Å²) in [6.45, 7) is 10.1. The van der Waals surface area contributed by atoms with Gasteiger partial charge in [-0.3, -0.25) is 4.79 Å². The lowest BCUT2D eigenvalue weighted by Crippen LogP contribution is -2.28. The van der Waals surface area contributed by atoms with E-state index < -0.39 is 0 Å². The summed E-state index contributed by atoms with van der Waals surface area (Å²) >= 11 is 0. The number of fused-ring (bicyclic) bond motifs is 1. The Kier molecular flexibility index (Phi) is 4.29. The molecule has 0 unspecified atom stereocenters. The molecule has 0 saturated carbocycles. The van der Waals surface area contributed by atoms with Crippen LogP contribution in [0.1, 0.15) is 53.3 Å². The number of anilines is 2. The molecule has 1 aliphatic carbocycles. The van der Waals surface area contributed by atoms with E-state index in [9.17, 15) is 4.79 Å². The molecule has 1 aliphatic rings. The number of carbonyl (C=O) groups is 1. The lowest BCUT2D eigenvalue weighted by Gasteiger charge is -2.28. The van der Waals surface area contributed by atoms with Gasteiger partial charge < -0.3 is 5.32 Å². The molecule has 1 aromatic carbocycles. The highest BCUT2D eigenvalue weighted by molar-refractivity contribution is 6.03. The van der Waals surface area contributed by atoms with Gasteiger partial charge in [0.2, 0.25) is 0 Å². The van der Waals surface area contributed by atoms with Gasteiger partial charge in [0.25, 0.3) is 5.95 Å². The fraction of sp³-hybridized carbons (Fsp3) is 0.364. The van der Waals surface area contributed by atoms with Crippen molar-refractivity contribution in [2.45, 2.75) is 47.5 Å². The van der Waals surface area contributed by atoms with E-state index in [-0.39, 0.29) is 11.2 Å². The molecule has 6 nitrogen and oxygen atoms in total. The van der Waals surface area contributed by atoms with Gasteiger partial charge in [-0.2, -0.15) is 0 Å². The zero-order valence-electron chi connectivity index (χ0n) is 17.0. The van der Waals surface area contributed by atoms with Gasteiger partial charge in [-0.25, -0.2) is 14.6 Å². The van der Waals surface area contributed by atoms with E-state index in [1.165, 1.54) is 0 Å². The topological polar surface area (TPSA) is 72.7 Å². The van der Waals surface area contributed by atoms with Crippen molar-refractivity contribution in [3.05, 3.63) is 58.5 Å². The van der Waals surface area contributed by atoms with Crippen molar-refractivity contribution in [2.24, 2.45) is 5.41 Å². The Bertz CT molecular complexity index is 1060. The van der Waals surface area contributed by atoms with E-state index in [2.05, 4.69) is 29.1 Å². The smallest absolute Gasteiger partial charge is 0.251 e. The predicted molar refractivity (Wildman–Crippen MR) is 110 cm³/mol. The molecule has 0 saturated heterocycles. The molecule has 144 valence electrons. The molecule has 2 aromatic heterocycles. The van der Waals surface area contributed by atoms with Crippen LogP contribution in [0, 0.1) is 26.2 Å². The average Bonchev–Trinajstić information content (AvgIpc) is 2.93. The summed E-state index contributed by atoms with van der Waals surface area (Å²) in [6.07, 6.45) is 1.24. The maximum Gasteiger partial charge on any atom is 0.251 e. The Morgan fingerprint density at radius 1 is 1.04 bits per heavy atom. The maximum atomic E-state index is 13.0. The summed E-state index contributed by atoms with van der Waals surface area (Å²) in [5.41, 5.74) is 5.20.